The molecule has 72 valence electrons. The number of β-amino-alcohol motifs (C(OH)–C–C–N with tert-alkyl or cyclic N) is 1. The van der Waals surface area contributed by atoms with Gasteiger partial charge in [-0.15, -0.1) is 0 Å². The van der Waals surface area contributed by atoms with Crippen LogP contribution in [0, 0.1) is 5.92 Å². The molecule has 2 unspecified atom stereocenters. The van der Waals surface area contributed by atoms with Crippen molar-refractivity contribution >= 4 is 11.8 Å². The lowest BCUT2D eigenvalue weighted by molar-refractivity contribution is 0.158. The standard InChI is InChI=1S/C9H19NOS/c1-2-3-4-12-7-8-5-10-6-9(8)11/h8-11H,2-7H2,1H3. The van der Waals surface area contributed by atoms with Gasteiger partial charge in [0.15, 0.2) is 0 Å². The zero-order chi connectivity index (χ0) is 8.81. The van der Waals surface area contributed by atoms with Crippen molar-refractivity contribution in [3.8, 4) is 0 Å². The molecular formula is C9H19NOS. The summed E-state index contributed by atoms with van der Waals surface area (Å²) in [5, 5.41) is 12.7. The van der Waals surface area contributed by atoms with E-state index in [4.69, 9.17) is 0 Å². The zero-order valence-corrected chi connectivity index (χ0v) is 8.57. The van der Waals surface area contributed by atoms with Crippen molar-refractivity contribution in [2.24, 2.45) is 5.92 Å². The predicted molar refractivity (Wildman–Crippen MR) is 54.6 cm³/mol. The molecule has 0 spiro atoms. The summed E-state index contributed by atoms with van der Waals surface area (Å²) in [6, 6.07) is 0. The van der Waals surface area contributed by atoms with Crippen molar-refractivity contribution in [2.75, 3.05) is 24.6 Å². The van der Waals surface area contributed by atoms with Gasteiger partial charge in [0.05, 0.1) is 6.10 Å². The number of aliphatic hydroxyl groups excluding tert-OH is 1. The summed E-state index contributed by atoms with van der Waals surface area (Å²) in [7, 11) is 0. The molecular weight excluding hydrogens is 170 g/mol. The average molecular weight is 189 g/mol. The van der Waals surface area contributed by atoms with Crippen LogP contribution in [0.3, 0.4) is 0 Å². The minimum absolute atomic E-state index is 0.0980. The Hall–Kier alpha value is 0.270. The highest BCUT2D eigenvalue weighted by molar-refractivity contribution is 7.99. The van der Waals surface area contributed by atoms with E-state index in [1.165, 1.54) is 18.6 Å². The van der Waals surface area contributed by atoms with Gasteiger partial charge in [0.2, 0.25) is 0 Å². The van der Waals surface area contributed by atoms with E-state index in [1.54, 1.807) is 0 Å². The maximum absolute atomic E-state index is 9.47. The van der Waals surface area contributed by atoms with Crippen LogP contribution in [-0.4, -0.2) is 35.8 Å². The summed E-state index contributed by atoms with van der Waals surface area (Å²) in [5.41, 5.74) is 0. The lowest BCUT2D eigenvalue weighted by atomic mass is 10.1. The molecule has 0 aromatic carbocycles. The second-order valence-electron chi connectivity index (χ2n) is 3.41. The number of hydrogen-bond acceptors (Lipinski definition) is 3. The Morgan fingerprint density at radius 1 is 1.50 bits per heavy atom. The second-order valence-corrected chi connectivity index (χ2v) is 4.56. The van der Waals surface area contributed by atoms with Gasteiger partial charge in [-0.2, -0.15) is 11.8 Å². The van der Waals surface area contributed by atoms with Gasteiger partial charge in [-0.3, -0.25) is 0 Å². The van der Waals surface area contributed by atoms with Gasteiger partial charge in [-0.25, -0.2) is 0 Å². The SMILES string of the molecule is CCCCSCC1CNCC1O. The first-order valence-electron chi connectivity index (χ1n) is 4.81. The molecule has 2 atom stereocenters. The molecule has 2 nitrogen and oxygen atoms in total. The van der Waals surface area contributed by atoms with E-state index in [2.05, 4.69) is 12.2 Å². The zero-order valence-electron chi connectivity index (χ0n) is 7.75. The smallest absolute Gasteiger partial charge is 0.0712 e. The third kappa shape index (κ3) is 3.33. The number of thioether (sulfide) groups is 1. The number of aliphatic hydroxyl groups is 1. The van der Waals surface area contributed by atoms with Crippen LogP contribution in [0.4, 0.5) is 0 Å². The van der Waals surface area contributed by atoms with Crippen LogP contribution in [0.5, 0.6) is 0 Å². The molecule has 12 heavy (non-hydrogen) atoms. The summed E-state index contributed by atoms with van der Waals surface area (Å²) < 4.78 is 0. The van der Waals surface area contributed by atoms with Crippen LogP contribution >= 0.6 is 11.8 Å². The Kier molecular flexibility index (Phi) is 5.04. The van der Waals surface area contributed by atoms with Crippen molar-refractivity contribution in [3.63, 3.8) is 0 Å². The molecule has 0 saturated carbocycles. The largest absolute Gasteiger partial charge is 0.391 e. The number of rotatable bonds is 5. The first-order valence-corrected chi connectivity index (χ1v) is 5.96. The molecule has 3 heteroatoms. The molecule has 0 aromatic heterocycles. The fraction of sp³-hybridized carbons (Fsp3) is 1.00. The molecule has 0 bridgehead atoms. The normalized spacial score (nSPS) is 29.5. The van der Waals surface area contributed by atoms with Crippen LogP contribution in [0.1, 0.15) is 19.8 Å². The highest BCUT2D eigenvalue weighted by atomic mass is 32.2. The van der Waals surface area contributed by atoms with Gasteiger partial charge in [0.25, 0.3) is 0 Å². The lowest BCUT2D eigenvalue weighted by Crippen LogP contribution is -2.19. The maximum atomic E-state index is 9.47. The molecule has 0 aromatic rings. The first kappa shape index (κ1) is 10.4. The monoisotopic (exact) mass is 189 g/mol. The molecule has 1 saturated heterocycles. The van der Waals surface area contributed by atoms with Gasteiger partial charge < -0.3 is 10.4 Å². The third-order valence-electron chi connectivity index (χ3n) is 2.28. The van der Waals surface area contributed by atoms with Crippen LogP contribution < -0.4 is 5.32 Å². The lowest BCUT2D eigenvalue weighted by Gasteiger charge is -2.11. The van der Waals surface area contributed by atoms with Crippen LogP contribution in [0.15, 0.2) is 0 Å². The molecule has 1 aliphatic rings. The Bertz CT molecular complexity index is 121. The Morgan fingerprint density at radius 2 is 2.33 bits per heavy atom. The van der Waals surface area contributed by atoms with Crippen LogP contribution in [0.2, 0.25) is 0 Å². The maximum Gasteiger partial charge on any atom is 0.0712 e. The quantitative estimate of drug-likeness (QED) is 0.635. The van der Waals surface area contributed by atoms with E-state index in [9.17, 15) is 5.11 Å². The molecule has 1 fully saturated rings. The highest BCUT2D eigenvalue weighted by Crippen LogP contribution is 2.16. The fourth-order valence-electron chi connectivity index (χ4n) is 1.37. The van der Waals surface area contributed by atoms with Crippen LogP contribution in [-0.2, 0) is 0 Å². The second kappa shape index (κ2) is 5.84. The van der Waals surface area contributed by atoms with E-state index in [0.29, 0.717) is 5.92 Å². The molecule has 1 aliphatic heterocycles. The third-order valence-corrected chi connectivity index (χ3v) is 3.52. The van der Waals surface area contributed by atoms with Gasteiger partial charge in [-0.05, 0) is 17.9 Å². The topological polar surface area (TPSA) is 32.3 Å². The van der Waals surface area contributed by atoms with Crippen molar-refractivity contribution < 1.29 is 5.11 Å². The number of unbranched alkanes of at least 4 members (excludes halogenated alkanes) is 1. The van der Waals surface area contributed by atoms with E-state index >= 15 is 0 Å². The van der Waals surface area contributed by atoms with E-state index < -0.39 is 0 Å². The number of hydrogen-bond donors (Lipinski definition) is 2. The van der Waals surface area contributed by atoms with Gasteiger partial charge in [-0.1, -0.05) is 13.3 Å². The highest BCUT2D eigenvalue weighted by Gasteiger charge is 2.23. The molecule has 2 N–H and O–H groups in total. The minimum Gasteiger partial charge on any atom is -0.391 e. The Morgan fingerprint density at radius 3 is 2.92 bits per heavy atom. The molecule has 0 amide bonds. The Balaban J connectivity index is 1.98. The molecule has 0 radical (unpaired) electrons. The predicted octanol–water partition coefficient (Wildman–Crippen LogP) is 1.10. The number of nitrogens with one attached hydrogen (secondary N) is 1. The summed E-state index contributed by atoms with van der Waals surface area (Å²) >= 11 is 1.98. The summed E-state index contributed by atoms with van der Waals surface area (Å²) in [5.74, 6) is 2.86. The van der Waals surface area contributed by atoms with Gasteiger partial charge in [0.1, 0.15) is 0 Å². The van der Waals surface area contributed by atoms with Crippen molar-refractivity contribution in [3.05, 3.63) is 0 Å². The van der Waals surface area contributed by atoms with Crippen LogP contribution in [0.25, 0.3) is 0 Å². The molecule has 1 heterocycles. The van der Waals surface area contributed by atoms with Gasteiger partial charge >= 0.3 is 0 Å². The summed E-state index contributed by atoms with van der Waals surface area (Å²) in [4.78, 5) is 0. The summed E-state index contributed by atoms with van der Waals surface area (Å²) in [6.07, 6.45) is 2.48. The van der Waals surface area contributed by atoms with E-state index in [0.717, 1.165) is 18.8 Å². The average Bonchev–Trinajstić information content (AvgIpc) is 2.46. The van der Waals surface area contributed by atoms with E-state index in [1.807, 2.05) is 11.8 Å². The van der Waals surface area contributed by atoms with Crippen molar-refractivity contribution in [1.82, 2.24) is 5.32 Å². The van der Waals surface area contributed by atoms with E-state index in [-0.39, 0.29) is 6.10 Å². The Labute approximate surface area is 79.1 Å². The summed E-state index contributed by atoms with van der Waals surface area (Å²) in [6.45, 7) is 4.01. The molecule has 1 rings (SSSR count). The van der Waals surface area contributed by atoms with Gasteiger partial charge in [0, 0.05) is 19.0 Å². The van der Waals surface area contributed by atoms with Crippen molar-refractivity contribution in [2.45, 2.75) is 25.9 Å². The fourth-order valence-corrected chi connectivity index (χ4v) is 2.67. The molecule has 0 aliphatic carbocycles. The van der Waals surface area contributed by atoms with Crippen molar-refractivity contribution in [1.29, 1.82) is 0 Å². The first-order chi connectivity index (χ1) is 5.84. The minimum atomic E-state index is -0.0980.